The zero-order chi connectivity index (χ0) is 13.8. The van der Waals surface area contributed by atoms with E-state index < -0.39 is 4.92 Å². The van der Waals surface area contributed by atoms with E-state index in [9.17, 15) is 10.1 Å². The maximum absolute atomic E-state index is 10.9. The second kappa shape index (κ2) is 5.46. The highest BCUT2D eigenvalue weighted by molar-refractivity contribution is 9.10. The van der Waals surface area contributed by atoms with Gasteiger partial charge in [0.25, 0.3) is 0 Å². The molecule has 0 saturated heterocycles. The molecule has 2 aromatic rings. The summed E-state index contributed by atoms with van der Waals surface area (Å²) in [6, 6.07) is 9.22. The smallest absolute Gasteiger partial charge is 0.312 e. The predicted octanol–water partition coefficient (Wildman–Crippen LogP) is 3.42. The number of nitro benzene ring substituents is 1. The lowest BCUT2D eigenvalue weighted by molar-refractivity contribution is -0.385. The zero-order valence-corrected chi connectivity index (χ0v) is 11.0. The number of ether oxygens (including phenoxy) is 1. The molecule has 7 heteroatoms. The third-order valence-corrected chi connectivity index (χ3v) is 2.82. The summed E-state index contributed by atoms with van der Waals surface area (Å²) in [4.78, 5) is 14.3. The minimum atomic E-state index is -0.604. The molecule has 2 rings (SSSR count). The summed E-state index contributed by atoms with van der Waals surface area (Å²) in [6.45, 7) is 0. The highest BCUT2D eigenvalue weighted by Crippen LogP contribution is 2.33. The molecule has 0 atom stereocenters. The first kappa shape index (κ1) is 13.0. The van der Waals surface area contributed by atoms with Crippen LogP contribution in [0.3, 0.4) is 0 Å². The van der Waals surface area contributed by atoms with Crippen molar-refractivity contribution >= 4 is 21.6 Å². The maximum Gasteiger partial charge on any atom is 0.312 e. The molecular weight excluding hydrogens is 314 g/mol. The van der Waals surface area contributed by atoms with Crippen molar-refractivity contribution in [3.05, 3.63) is 56.7 Å². The first-order valence-electron chi connectivity index (χ1n) is 5.08. The van der Waals surface area contributed by atoms with E-state index in [1.165, 1.54) is 18.3 Å². The molecule has 6 nitrogen and oxygen atoms in total. The van der Waals surface area contributed by atoms with Crippen molar-refractivity contribution in [3.63, 3.8) is 0 Å². The fourth-order valence-electron chi connectivity index (χ4n) is 1.37. The van der Waals surface area contributed by atoms with Crippen molar-refractivity contribution in [2.24, 2.45) is 0 Å². The Morgan fingerprint density at radius 1 is 1.42 bits per heavy atom. The van der Waals surface area contributed by atoms with Gasteiger partial charge in [-0.3, -0.25) is 10.1 Å². The number of nitriles is 1. The van der Waals surface area contributed by atoms with Gasteiger partial charge in [-0.15, -0.1) is 0 Å². The monoisotopic (exact) mass is 319 g/mol. The fourth-order valence-corrected chi connectivity index (χ4v) is 1.70. The summed E-state index contributed by atoms with van der Waals surface area (Å²) in [5.74, 6) is 0.249. The highest BCUT2D eigenvalue weighted by Gasteiger charge is 2.18. The largest absolute Gasteiger partial charge is 0.431 e. The number of rotatable bonds is 3. The Labute approximate surface area is 116 Å². The van der Waals surface area contributed by atoms with Gasteiger partial charge >= 0.3 is 5.69 Å². The van der Waals surface area contributed by atoms with Crippen molar-refractivity contribution in [1.82, 2.24) is 4.98 Å². The van der Waals surface area contributed by atoms with Gasteiger partial charge in [0.15, 0.2) is 0 Å². The molecule has 0 aliphatic heterocycles. The normalized spacial score (nSPS) is 9.68. The van der Waals surface area contributed by atoms with E-state index in [4.69, 9.17) is 10.00 Å². The molecule has 1 aromatic carbocycles. The average molecular weight is 320 g/mol. The molecule has 19 heavy (non-hydrogen) atoms. The summed E-state index contributed by atoms with van der Waals surface area (Å²) < 4.78 is 5.97. The van der Waals surface area contributed by atoms with Crippen LogP contribution in [0.15, 0.2) is 41.0 Å². The van der Waals surface area contributed by atoms with Crippen LogP contribution in [0.2, 0.25) is 0 Å². The topological polar surface area (TPSA) is 89.0 Å². The van der Waals surface area contributed by atoms with Crippen LogP contribution in [0.5, 0.6) is 11.6 Å². The number of benzene rings is 1. The highest BCUT2D eigenvalue weighted by atomic mass is 79.9. The number of nitrogens with zero attached hydrogens (tertiary/aromatic N) is 3. The number of nitro groups is 1. The molecule has 0 aliphatic carbocycles. The minimum absolute atomic E-state index is 0.0309. The Balaban J connectivity index is 2.43. The summed E-state index contributed by atoms with van der Waals surface area (Å²) in [5.41, 5.74) is -0.0873. The van der Waals surface area contributed by atoms with Crippen LogP contribution in [-0.4, -0.2) is 9.91 Å². The van der Waals surface area contributed by atoms with Crippen LogP contribution in [-0.2, 0) is 0 Å². The van der Waals surface area contributed by atoms with Gasteiger partial charge < -0.3 is 4.74 Å². The number of hydrogen-bond donors (Lipinski definition) is 0. The van der Waals surface area contributed by atoms with E-state index >= 15 is 0 Å². The van der Waals surface area contributed by atoms with Gasteiger partial charge in [0, 0.05) is 12.3 Å². The van der Waals surface area contributed by atoms with Crippen molar-refractivity contribution < 1.29 is 9.66 Å². The van der Waals surface area contributed by atoms with Crippen molar-refractivity contribution in [3.8, 4) is 17.7 Å². The lowest BCUT2D eigenvalue weighted by Crippen LogP contribution is -1.95. The van der Waals surface area contributed by atoms with Crippen LogP contribution in [0.1, 0.15) is 5.56 Å². The Morgan fingerprint density at radius 2 is 2.21 bits per heavy atom. The molecule has 94 valence electrons. The van der Waals surface area contributed by atoms with Gasteiger partial charge in [0.05, 0.1) is 21.0 Å². The fraction of sp³-hybridized carbons (Fsp3) is 0. The molecule has 1 heterocycles. The summed E-state index contributed by atoms with van der Waals surface area (Å²) in [7, 11) is 0. The Kier molecular flexibility index (Phi) is 3.73. The van der Waals surface area contributed by atoms with Crippen LogP contribution in [0, 0.1) is 21.4 Å². The minimum Gasteiger partial charge on any atom is -0.431 e. The predicted molar refractivity (Wildman–Crippen MR) is 69.8 cm³/mol. The number of hydrogen-bond acceptors (Lipinski definition) is 5. The van der Waals surface area contributed by atoms with Gasteiger partial charge in [0.2, 0.25) is 11.6 Å². The van der Waals surface area contributed by atoms with E-state index in [1.807, 2.05) is 6.07 Å². The lowest BCUT2D eigenvalue weighted by atomic mass is 10.2. The molecule has 0 bridgehead atoms. The summed E-state index contributed by atoms with van der Waals surface area (Å²) in [6.07, 6.45) is 1.51. The van der Waals surface area contributed by atoms with Crippen LogP contribution in [0.25, 0.3) is 0 Å². The number of halogens is 1. The van der Waals surface area contributed by atoms with Gasteiger partial charge in [-0.05, 0) is 40.2 Å². The van der Waals surface area contributed by atoms with Crippen molar-refractivity contribution in [1.29, 1.82) is 5.26 Å². The maximum atomic E-state index is 10.9. The second-order valence-electron chi connectivity index (χ2n) is 3.44. The quantitative estimate of drug-likeness (QED) is 0.638. The number of aromatic nitrogens is 1. The molecule has 1 aromatic heterocycles. The third-order valence-electron chi connectivity index (χ3n) is 2.22. The first-order chi connectivity index (χ1) is 9.11. The third kappa shape index (κ3) is 2.86. The molecule has 0 spiro atoms. The van der Waals surface area contributed by atoms with Gasteiger partial charge in [-0.1, -0.05) is 0 Å². The standard InChI is InChI=1S/C12H6BrN3O3/c13-9-2-1-5-15-12(9)19-11-4-3-8(7-14)6-10(11)16(17)18/h1-6H. The van der Waals surface area contributed by atoms with Crippen LogP contribution in [0.4, 0.5) is 5.69 Å². The summed E-state index contributed by atoms with van der Waals surface area (Å²) >= 11 is 3.23. The SMILES string of the molecule is N#Cc1ccc(Oc2ncccc2Br)c([N+](=O)[O-])c1. The van der Waals surface area contributed by atoms with E-state index in [-0.39, 0.29) is 22.9 Å². The number of pyridine rings is 1. The first-order valence-corrected chi connectivity index (χ1v) is 5.88. The molecule has 0 fully saturated rings. The van der Waals surface area contributed by atoms with E-state index in [1.54, 1.807) is 12.1 Å². The van der Waals surface area contributed by atoms with E-state index in [0.717, 1.165) is 6.07 Å². The average Bonchev–Trinajstić information content (AvgIpc) is 2.41. The molecule has 0 saturated carbocycles. The van der Waals surface area contributed by atoms with Crippen molar-refractivity contribution in [2.45, 2.75) is 0 Å². The zero-order valence-electron chi connectivity index (χ0n) is 9.41. The molecular formula is C12H6BrN3O3. The molecule has 0 aliphatic rings. The Morgan fingerprint density at radius 3 is 2.84 bits per heavy atom. The molecule has 0 unspecified atom stereocenters. The second-order valence-corrected chi connectivity index (χ2v) is 4.30. The molecule has 0 amide bonds. The van der Waals surface area contributed by atoms with E-state index in [2.05, 4.69) is 20.9 Å². The van der Waals surface area contributed by atoms with Crippen molar-refractivity contribution in [2.75, 3.05) is 0 Å². The summed E-state index contributed by atoms with van der Waals surface area (Å²) in [5, 5.41) is 19.7. The Hall–Kier alpha value is -2.46. The lowest BCUT2D eigenvalue weighted by Gasteiger charge is -2.06. The van der Waals surface area contributed by atoms with Gasteiger partial charge in [0.1, 0.15) is 0 Å². The Bertz CT molecular complexity index is 682. The van der Waals surface area contributed by atoms with Crippen LogP contribution < -0.4 is 4.74 Å². The molecule has 0 N–H and O–H groups in total. The van der Waals surface area contributed by atoms with Crippen LogP contribution >= 0.6 is 15.9 Å². The molecule has 0 radical (unpaired) electrons. The van der Waals surface area contributed by atoms with E-state index in [0.29, 0.717) is 4.47 Å². The van der Waals surface area contributed by atoms with Gasteiger partial charge in [-0.25, -0.2) is 4.98 Å². The van der Waals surface area contributed by atoms with Gasteiger partial charge in [-0.2, -0.15) is 5.26 Å².